The first-order valence-corrected chi connectivity index (χ1v) is 7.47. The SMILES string of the molecule is C=CCn1nc(-c2ccccc2)n2nc(C)c(C(=O)OCC)c12. The Bertz CT molecular complexity index is 862. The first-order valence-electron chi connectivity index (χ1n) is 7.47. The van der Waals surface area contributed by atoms with E-state index >= 15 is 0 Å². The zero-order valence-corrected chi connectivity index (χ0v) is 13.2. The average molecular weight is 310 g/mol. The molecule has 0 aliphatic rings. The summed E-state index contributed by atoms with van der Waals surface area (Å²) in [5.41, 5.74) is 2.62. The first-order chi connectivity index (χ1) is 11.2. The van der Waals surface area contributed by atoms with Crippen LogP contribution in [0.3, 0.4) is 0 Å². The Balaban J connectivity index is 2.27. The lowest BCUT2D eigenvalue weighted by Gasteiger charge is -2.02. The Hall–Kier alpha value is -2.89. The molecule has 0 unspecified atom stereocenters. The Labute approximate surface area is 134 Å². The van der Waals surface area contributed by atoms with Crippen LogP contribution in [-0.4, -0.2) is 32.0 Å². The second-order valence-electron chi connectivity index (χ2n) is 5.08. The minimum Gasteiger partial charge on any atom is -0.462 e. The molecule has 0 amide bonds. The van der Waals surface area contributed by atoms with E-state index in [0.29, 0.717) is 35.9 Å². The van der Waals surface area contributed by atoms with Gasteiger partial charge in [-0.05, 0) is 13.8 Å². The highest BCUT2D eigenvalue weighted by Gasteiger charge is 2.25. The molecule has 1 aromatic carbocycles. The number of carbonyl (C=O) groups excluding carboxylic acids is 1. The van der Waals surface area contributed by atoms with E-state index in [1.807, 2.05) is 30.3 Å². The van der Waals surface area contributed by atoms with Gasteiger partial charge in [0.25, 0.3) is 0 Å². The number of nitrogens with zero attached hydrogens (tertiary/aromatic N) is 4. The number of fused-ring (bicyclic) bond motifs is 1. The molecular formula is C17H18N4O2. The standard InChI is InChI=1S/C17H18N4O2/c1-4-11-20-16-14(17(22)23-5-2)12(3)18-21(16)15(19-20)13-9-7-6-8-10-13/h4,6-10H,1,5,11H2,2-3H3. The number of aromatic nitrogens is 4. The van der Waals surface area contributed by atoms with Gasteiger partial charge in [-0.1, -0.05) is 36.4 Å². The van der Waals surface area contributed by atoms with Crippen molar-refractivity contribution in [3.8, 4) is 11.4 Å². The molecule has 0 aliphatic carbocycles. The summed E-state index contributed by atoms with van der Waals surface area (Å²) in [5, 5.41) is 9.09. The normalized spacial score (nSPS) is 10.9. The maximum atomic E-state index is 12.3. The summed E-state index contributed by atoms with van der Waals surface area (Å²) in [4.78, 5) is 12.3. The highest BCUT2D eigenvalue weighted by Crippen LogP contribution is 2.24. The van der Waals surface area contributed by atoms with Crippen LogP contribution in [0.1, 0.15) is 23.0 Å². The fraction of sp³-hybridized carbons (Fsp3) is 0.235. The van der Waals surface area contributed by atoms with Gasteiger partial charge in [0.2, 0.25) is 0 Å². The Morgan fingerprint density at radius 3 is 2.70 bits per heavy atom. The van der Waals surface area contributed by atoms with Crippen LogP contribution in [0.25, 0.3) is 17.0 Å². The van der Waals surface area contributed by atoms with Crippen molar-refractivity contribution in [3.63, 3.8) is 0 Å². The molecular weight excluding hydrogens is 292 g/mol. The zero-order chi connectivity index (χ0) is 16.4. The smallest absolute Gasteiger partial charge is 0.343 e. The van der Waals surface area contributed by atoms with Crippen molar-refractivity contribution in [2.75, 3.05) is 6.61 Å². The van der Waals surface area contributed by atoms with E-state index in [1.165, 1.54) is 0 Å². The van der Waals surface area contributed by atoms with Crippen molar-refractivity contribution in [3.05, 3.63) is 54.2 Å². The molecule has 0 aliphatic heterocycles. The van der Waals surface area contributed by atoms with Crippen molar-refractivity contribution in [2.24, 2.45) is 0 Å². The molecule has 6 heteroatoms. The summed E-state index contributed by atoms with van der Waals surface area (Å²) >= 11 is 0. The molecule has 23 heavy (non-hydrogen) atoms. The van der Waals surface area contributed by atoms with Crippen molar-refractivity contribution in [1.29, 1.82) is 0 Å². The van der Waals surface area contributed by atoms with Crippen LogP contribution in [0.2, 0.25) is 0 Å². The number of carbonyl (C=O) groups is 1. The molecule has 0 spiro atoms. The maximum Gasteiger partial charge on any atom is 0.343 e. The minimum absolute atomic E-state index is 0.316. The maximum absolute atomic E-state index is 12.3. The molecule has 6 nitrogen and oxygen atoms in total. The lowest BCUT2D eigenvalue weighted by atomic mass is 10.2. The third-order valence-electron chi connectivity index (χ3n) is 3.51. The van der Waals surface area contributed by atoms with Gasteiger partial charge in [-0.2, -0.15) is 14.7 Å². The Morgan fingerprint density at radius 1 is 1.30 bits per heavy atom. The van der Waals surface area contributed by atoms with E-state index in [1.54, 1.807) is 29.1 Å². The fourth-order valence-corrected chi connectivity index (χ4v) is 2.56. The van der Waals surface area contributed by atoms with Gasteiger partial charge in [0.05, 0.1) is 18.8 Å². The van der Waals surface area contributed by atoms with Crippen molar-refractivity contribution in [1.82, 2.24) is 19.4 Å². The van der Waals surface area contributed by atoms with E-state index in [9.17, 15) is 4.79 Å². The van der Waals surface area contributed by atoms with Crippen LogP contribution in [0.5, 0.6) is 0 Å². The van der Waals surface area contributed by atoms with Crippen LogP contribution in [0, 0.1) is 6.92 Å². The molecule has 3 aromatic rings. The lowest BCUT2D eigenvalue weighted by molar-refractivity contribution is 0.0527. The number of esters is 1. The van der Waals surface area contributed by atoms with Gasteiger partial charge in [0.15, 0.2) is 11.5 Å². The summed E-state index contributed by atoms with van der Waals surface area (Å²) in [5.74, 6) is 0.297. The lowest BCUT2D eigenvalue weighted by Crippen LogP contribution is -2.08. The molecule has 3 rings (SSSR count). The van der Waals surface area contributed by atoms with Gasteiger partial charge in [0.1, 0.15) is 5.56 Å². The van der Waals surface area contributed by atoms with Gasteiger partial charge in [-0.15, -0.1) is 6.58 Å². The summed E-state index contributed by atoms with van der Waals surface area (Å²) in [7, 11) is 0. The van der Waals surface area contributed by atoms with Gasteiger partial charge >= 0.3 is 5.97 Å². The number of hydrogen-bond donors (Lipinski definition) is 0. The van der Waals surface area contributed by atoms with Gasteiger partial charge in [0, 0.05) is 5.56 Å². The summed E-state index contributed by atoms with van der Waals surface area (Å²) < 4.78 is 8.58. The number of allylic oxidation sites excluding steroid dienone is 1. The molecule has 0 radical (unpaired) electrons. The minimum atomic E-state index is -0.384. The Morgan fingerprint density at radius 2 is 2.04 bits per heavy atom. The third kappa shape index (κ3) is 2.52. The largest absolute Gasteiger partial charge is 0.462 e. The quantitative estimate of drug-likeness (QED) is 0.537. The second kappa shape index (κ2) is 6.08. The second-order valence-corrected chi connectivity index (χ2v) is 5.08. The van der Waals surface area contributed by atoms with Crippen molar-refractivity contribution in [2.45, 2.75) is 20.4 Å². The predicted molar refractivity (Wildman–Crippen MR) is 87.3 cm³/mol. The van der Waals surface area contributed by atoms with Crippen molar-refractivity contribution < 1.29 is 9.53 Å². The van der Waals surface area contributed by atoms with E-state index in [-0.39, 0.29) is 5.97 Å². The molecule has 0 N–H and O–H groups in total. The molecule has 0 bridgehead atoms. The predicted octanol–water partition coefficient (Wildman–Crippen LogP) is 2.87. The van der Waals surface area contributed by atoms with Gasteiger partial charge in [-0.3, -0.25) is 0 Å². The first kappa shape index (κ1) is 15.0. The van der Waals surface area contributed by atoms with Crippen LogP contribution in [0.4, 0.5) is 0 Å². The topological polar surface area (TPSA) is 61.4 Å². The number of benzene rings is 1. The molecule has 0 atom stereocenters. The van der Waals surface area contributed by atoms with E-state index in [2.05, 4.69) is 16.8 Å². The molecule has 0 fully saturated rings. The molecule has 2 aromatic heterocycles. The molecule has 0 saturated heterocycles. The average Bonchev–Trinajstić information content (AvgIpc) is 3.05. The van der Waals surface area contributed by atoms with Crippen molar-refractivity contribution >= 4 is 11.6 Å². The van der Waals surface area contributed by atoms with E-state index in [0.717, 1.165) is 5.56 Å². The summed E-state index contributed by atoms with van der Waals surface area (Å²) in [6.07, 6.45) is 1.74. The summed E-state index contributed by atoms with van der Waals surface area (Å²) in [6, 6.07) is 9.74. The fourth-order valence-electron chi connectivity index (χ4n) is 2.56. The van der Waals surface area contributed by atoms with Crippen LogP contribution in [0.15, 0.2) is 43.0 Å². The molecule has 0 saturated carbocycles. The highest BCUT2D eigenvalue weighted by molar-refractivity contribution is 5.97. The van der Waals surface area contributed by atoms with E-state index < -0.39 is 0 Å². The summed E-state index contributed by atoms with van der Waals surface area (Å²) in [6.45, 7) is 8.13. The van der Waals surface area contributed by atoms with Gasteiger partial charge in [-0.25, -0.2) is 9.48 Å². The third-order valence-corrected chi connectivity index (χ3v) is 3.51. The van der Waals surface area contributed by atoms with Crippen LogP contribution in [-0.2, 0) is 11.3 Å². The van der Waals surface area contributed by atoms with E-state index in [4.69, 9.17) is 4.74 Å². The Kier molecular flexibility index (Phi) is 3.97. The van der Waals surface area contributed by atoms with Gasteiger partial charge < -0.3 is 4.74 Å². The number of rotatable bonds is 5. The highest BCUT2D eigenvalue weighted by atomic mass is 16.5. The van der Waals surface area contributed by atoms with Crippen LogP contribution < -0.4 is 0 Å². The monoisotopic (exact) mass is 310 g/mol. The number of ether oxygens (including phenoxy) is 1. The zero-order valence-electron chi connectivity index (χ0n) is 13.2. The number of hydrogen-bond acceptors (Lipinski definition) is 4. The molecule has 2 heterocycles. The molecule has 118 valence electrons. The van der Waals surface area contributed by atoms with Crippen LogP contribution >= 0.6 is 0 Å². The number of aryl methyl sites for hydroxylation is 1.